The van der Waals surface area contributed by atoms with Crippen LogP contribution in [0.25, 0.3) is 0 Å². The van der Waals surface area contributed by atoms with Crippen molar-refractivity contribution in [2.45, 2.75) is 57.0 Å². The fourth-order valence-electron chi connectivity index (χ4n) is 3.72. The molecule has 3 fully saturated rings. The first kappa shape index (κ1) is 13.8. The summed E-state index contributed by atoms with van der Waals surface area (Å²) in [4.78, 5) is 2.77. The van der Waals surface area contributed by atoms with E-state index in [-0.39, 0.29) is 0 Å². The number of piperidine rings is 1. The van der Waals surface area contributed by atoms with Gasteiger partial charge in [0, 0.05) is 19.1 Å². The maximum Gasteiger partial charge on any atom is 0.0236 e. The molecule has 114 valence electrons. The minimum absolute atomic E-state index is 0.878. The van der Waals surface area contributed by atoms with Crippen molar-refractivity contribution in [3.05, 3.63) is 35.4 Å². The Morgan fingerprint density at radius 1 is 0.905 bits per heavy atom. The van der Waals surface area contributed by atoms with Crippen molar-refractivity contribution in [3.63, 3.8) is 0 Å². The number of hydrogen-bond donors (Lipinski definition) is 1. The number of rotatable bonds is 6. The molecule has 1 N–H and O–H groups in total. The normalized spacial score (nSPS) is 23.7. The Hall–Kier alpha value is -0.860. The van der Waals surface area contributed by atoms with Crippen LogP contribution in [0, 0.1) is 5.92 Å². The maximum atomic E-state index is 3.49. The largest absolute Gasteiger partial charge is 0.317 e. The maximum absolute atomic E-state index is 3.49. The summed E-state index contributed by atoms with van der Waals surface area (Å²) in [6, 6.07) is 10.4. The van der Waals surface area contributed by atoms with Gasteiger partial charge in [-0.05, 0) is 74.6 Å². The van der Waals surface area contributed by atoms with Gasteiger partial charge in [0.25, 0.3) is 0 Å². The van der Waals surface area contributed by atoms with E-state index in [4.69, 9.17) is 0 Å². The van der Waals surface area contributed by atoms with Crippen molar-refractivity contribution in [1.29, 1.82) is 0 Å². The second kappa shape index (κ2) is 6.10. The van der Waals surface area contributed by atoms with Crippen LogP contribution in [0.4, 0.5) is 0 Å². The van der Waals surface area contributed by atoms with E-state index in [1.807, 2.05) is 0 Å². The van der Waals surface area contributed by atoms with Crippen molar-refractivity contribution in [2.24, 2.45) is 5.92 Å². The Bertz CT molecular complexity index is 453. The summed E-state index contributed by atoms with van der Waals surface area (Å²) in [5.41, 5.74) is 3.08. The zero-order chi connectivity index (χ0) is 14.1. The fourth-order valence-corrected chi connectivity index (χ4v) is 3.72. The number of nitrogens with zero attached hydrogens (tertiary/aromatic N) is 1. The van der Waals surface area contributed by atoms with Gasteiger partial charge in [-0.1, -0.05) is 24.3 Å². The zero-order valence-corrected chi connectivity index (χ0v) is 13.1. The summed E-state index contributed by atoms with van der Waals surface area (Å²) in [6.07, 6.45) is 8.39. The van der Waals surface area contributed by atoms with E-state index in [0.29, 0.717) is 0 Å². The molecule has 0 bridgehead atoms. The molecule has 0 atom stereocenters. The van der Waals surface area contributed by atoms with Crippen LogP contribution in [-0.4, -0.2) is 30.6 Å². The Morgan fingerprint density at radius 2 is 1.62 bits per heavy atom. The van der Waals surface area contributed by atoms with Gasteiger partial charge < -0.3 is 5.32 Å². The average Bonchev–Trinajstić information content (AvgIpc) is 3.41. The molecule has 1 aromatic carbocycles. The van der Waals surface area contributed by atoms with Crippen molar-refractivity contribution in [1.82, 2.24) is 10.2 Å². The van der Waals surface area contributed by atoms with Crippen LogP contribution >= 0.6 is 0 Å². The first-order valence-electron chi connectivity index (χ1n) is 8.92. The van der Waals surface area contributed by atoms with Crippen LogP contribution in [-0.2, 0) is 6.54 Å². The summed E-state index contributed by atoms with van der Waals surface area (Å²) < 4.78 is 0. The smallest absolute Gasteiger partial charge is 0.0236 e. The summed E-state index contributed by atoms with van der Waals surface area (Å²) in [7, 11) is 0. The molecule has 0 amide bonds. The van der Waals surface area contributed by atoms with Gasteiger partial charge in [0.15, 0.2) is 0 Å². The fraction of sp³-hybridized carbons (Fsp3) is 0.684. The monoisotopic (exact) mass is 284 g/mol. The molecule has 4 rings (SSSR count). The van der Waals surface area contributed by atoms with Gasteiger partial charge in [0.1, 0.15) is 0 Å². The van der Waals surface area contributed by atoms with Crippen LogP contribution in [0.5, 0.6) is 0 Å². The molecule has 1 aromatic rings. The highest BCUT2D eigenvalue weighted by Crippen LogP contribution is 2.40. The van der Waals surface area contributed by atoms with Crippen LogP contribution in [0.1, 0.15) is 55.6 Å². The third-order valence-electron chi connectivity index (χ3n) is 5.43. The third kappa shape index (κ3) is 3.67. The van der Waals surface area contributed by atoms with Crippen LogP contribution in [0.2, 0.25) is 0 Å². The molecule has 0 radical (unpaired) electrons. The zero-order valence-electron chi connectivity index (χ0n) is 13.1. The van der Waals surface area contributed by atoms with Gasteiger partial charge >= 0.3 is 0 Å². The number of nitrogens with one attached hydrogen (secondary N) is 1. The van der Waals surface area contributed by atoms with E-state index in [1.165, 1.54) is 70.3 Å². The molecule has 0 spiro atoms. The SMILES string of the molecule is c1cc(C2CC2)ccc1CN(CC1CCNCC1)C1CC1. The Kier molecular flexibility index (Phi) is 4.00. The highest BCUT2D eigenvalue weighted by molar-refractivity contribution is 5.28. The van der Waals surface area contributed by atoms with Crippen molar-refractivity contribution in [3.8, 4) is 0 Å². The first-order valence-corrected chi connectivity index (χ1v) is 8.92. The van der Waals surface area contributed by atoms with E-state index in [2.05, 4.69) is 34.5 Å². The van der Waals surface area contributed by atoms with Gasteiger partial charge in [-0.2, -0.15) is 0 Å². The first-order chi connectivity index (χ1) is 10.4. The second-order valence-corrected chi connectivity index (χ2v) is 7.37. The summed E-state index contributed by atoms with van der Waals surface area (Å²) in [5, 5.41) is 3.49. The topological polar surface area (TPSA) is 15.3 Å². The lowest BCUT2D eigenvalue weighted by molar-refractivity contribution is 0.190. The highest BCUT2D eigenvalue weighted by Gasteiger charge is 2.31. The molecule has 2 nitrogen and oxygen atoms in total. The lowest BCUT2D eigenvalue weighted by Crippen LogP contribution is -2.37. The standard InChI is InChI=1S/C19H28N2/c1-3-17(18-5-6-18)4-2-15(1)13-21(19-7-8-19)14-16-9-11-20-12-10-16/h1-4,16,18-20H,5-14H2. The summed E-state index contributed by atoms with van der Waals surface area (Å²) in [5.74, 6) is 1.80. The van der Waals surface area contributed by atoms with Crippen molar-refractivity contribution < 1.29 is 0 Å². The van der Waals surface area contributed by atoms with Gasteiger partial charge in [-0.3, -0.25) is 4.90 Å². The molecular formula is C19H28N2. The molecule has 0 unspecified atom stereocenters. The van der Waals surface area contributed by atoms with E-state index in [0.717, 1.165) is 17.9 Å². The Balaban J connectivity index is 1.37. The Morgan fingerprint density at radius 3 is 2.24 bits per heavy atom. The summed E-state index contributed by atoms with van der Waals surface area (Å²) >= 11 is 0. The van der Waals surface area contributed by atoms with Crippen molar-refractivity contribution >= 4 is 0 Å². The van der Waals surface area contributed by atoms with Crippen molar-refractivity contribution in [2.75, 3.05) is 19.6 Å². The highest BCUT2D eigenvalue weighted by atomic mass is 15.2. The second-order valence-electron chi connectivity index (χ2n) is 7.37. The Labute approximate surface area is 128 Å². The summed E-state index contributed by atoms with van der Waals surface area (Å²) in [6.45, 7) is 4.93. The minimum atomic E-state index is 0.878. The molecule has 1 aliphatic heterocycles. The minimum Gasteiger partial charge on any atom is -0.317 e. The molecule has 2 saturated carbocycles. The van der Waals surface area contributed by atoms with E-state index < -0.39 is 0 Å². The van der Waals surface area contributed by atoms with E-state index >= 15 is 0 Å². The molecule has 2 heteroatoms. The average molecular weight is 284 g/mol. The van der Waals surface area contributed by atoms with E-state index in [1.54, 1.807) is 5.56 Å². The predicted octanol–water partition coefficient (Wildman–Crippen LogP) is 3.53. The molecule has 3 aliphatic rings. The van der Waals surface area contributed by atoms with E-state index in [9.17, 15) is 0 Å². The van der Waals surface area contributed by atoms with Gasteiger partial charge in [-0.15, -0.1) is 0 Å². The lowest BCUT2D eigenvalue weighted by atomic mass is 9.97. The molecular weight excluding hydrogens is 256 g/mol. The number of hydrogen-bond acceptors (Lipinski definition) is 2. The predicted molar refractivity (Wildman–Crippen MR) is 87.4 cm³/mol. The lowest BCUT2D eigenvalue weighted by Gasteiger charge is -2.30. The van der Waals surface area contributed by atoms with Crippen LogP contribution in [0.3, 0.4) is 0 Å². The van der Waals surface area contributed by atoms with Gasteiger partial charge in [0.2, 0.25) is 0 Å². The van der Waals surface area contributed by atoms with Gasteiger partial charge in [-0.25, -0.2) is 0 Å². The third-order valence-corrected chi connectivity index (χ3v) is 5.43. The molecule has 0 aromatic heterocycles. The molecule has 21 heavy (non-hydrogen) atoms. The van der Waals surface area contributed by atoms with Crippen LogP contribution < -0.4 is 5.32 Å². The molecule has 1 heterocycles. The molecule has 2 aliphatic carbocycles. The quantitative estimate of drug-likeness (QED) is 0.859. The van der Waals surface area contributed by atoms with Gasteiger partial charge in [0.05, 0.1) is 0 Å². The van der Waals surface area contributed by atoms with Crippen LogP contribution in [0.15, 0.2) is 24.3 Å². The molecule has 1 saturated heterocycles. The number of benzene rings is 1.